The molecule has 0 bridgehead atoms. The minimum atomic E-state index is -1.14. The van der Waals surface area contributed by atoms with Gasteiger partial charge in [0.15, 0.2) is 6.10 Å². The van der Waals surface area contributed by atoms with Crippen LogP contribution in [0.15, 0.2) is 48.5 Å². The zero-order chi connectivity index (χ0) is 20.4. The summed E-state index contributed by atoms with van der Waals surface area (Å²) in [6.07, 6.45) is -1.14. The van der Waals surface area contributed by atoms with E-state index in [-0.39, 0.29) is 17.1 Å². The number of phenolic OH excluding ortho intramolecular Hbond substituents is 2. The number of nitrogens with one attached hydrogen (secondary N) is 1. The number of aromatic hydroxyl groups is 2. The van der Waals surface area contributed by atoms with Crippen LogP contribution < -0.4 is 5.32 Å². The zero-order valence-electron chi connectivity index (χ0n) is 15.2. The maximum atomic E-state index is 12.5. The molecule has 0 fully saturated rings. The van der Waals surface area contributed by atoms with E-state index in [0.717, 1.165) is 6.07 Å². The highest BCUT2D eigenvalue weighted by molar-refractivity contribution is 6.31. The highest BCUT2D eigenvalue weighted by Gasteiger charge is 2.23. The van der Waals surface area contributed by atoms with E-state index in [9.17, 15) is 19.8 Å². The van der Waals surface area contributed by atoms with Crippen LogP contribution in [-0.2, 0) is 9.53 Å². The molecular formula is C21H18ClNO5. The maximum Gasteiger partial charge on any atom is 0.342 e. The minimum Gasteiger partial charge on any atom is -0.507 e. The number of hydrogen-bond acceptors (Lipinski definition) is 5. The van der Waals surface area contributed by atoms with E-state index >= 15 is 0 Å². The van der Waals surface area contributed by atoms with E-state index in [1.165, 1.54) is 6.92 Å². The lowest BCUT2D eigenvalue weighted by Gasteiger charge is -2.16. The van der Waals surface area contributed by atoms with Crippen LogP contribution in [0.5, 0.6) is 11.5 Å². The van der Waals surface area contributed by atoms with Crippen molar-refractivity contribution in [1.82, 2.24) is 0 Å². The summed E-state index contributed by atoms with van der Waals surface area (Å²) in [5, 5.41) is 24.3. The summed E-state index contributed by atoms with van der Waals surface area (Å²) >= 11 is 6.03. The highest BCUT2D eigenvalue weighted by atomic mass is 35.5. The molecule has 1 atom stereocenters. The Kier molecular flexibility index (Phi) is 5.42. The van der Waals surface area contributed by atoms with Crippen molar-refractivity contribution in [3.05, 3.63) is 64.7 Å². The fourth-order valence-corrected chi connectivity index (χ4v) is 2.93. The van der Waals surface area contributed by atoms with Gasteiger partial charge in [-0.3, -0.25) is 4.79 Å². The average Bonchev–Trinajstić information content (AvgIpc) is 2.68. The van der Waals surface area contributed by atoms with Crippen LogP contribution in [-0.4, -0.2) is 28.2 Å². The van der Waals surface area contributed by atoms with Crippen LogP contribution >= 0.6 is 11.6 Å². The van der Waals surface area contributed by atoms with Gasteiger partial charge in [0, 0.05) is 21.5 Å². The van der Waals surface area contributed by atoms with Gasteiger partial charge in [-0.15, -0.1) is 0 Å². The van der Waals surface area contributed by atoms with E-state index in [1.54, 1.807) is 49.4 Å². The molecule has 3 aromatic carbocycles. The molecule has 1 amide bonds. The average molecular weight is 400 g/mol. The standard InChI is InChI=1S/C21H18ClNO5/c1-11-16(22)8-5-9-17(11)23-20(26)12(2)28-21(27)15-10-18(24)13-6-3-4-7-14(13)19(15)25/h3-10,12,24-25H,1-2H3,(H,23,26)/t12-/m0/s1. The molecular weight excluding hydrogens is 382 g/mol. The normalized spacial score (nSPS) is 11.8. The van der Waals surface area contributed by atoms with Gasteiger partial charge >= 0.3 is 5.97 Å². The number of carbonyl (C=O) groups excluding carboxylic acids is 2. The third-order valence-electron chi connectivity index (χ3n) is 4.39. The third-order valence-corrected chi connectivity index (χ3v) is 4.80. The summed E-state index contributed by atoms with van der Waals surface area (Å²) in [6.45, 7) is 3.16. The molecule has 0 aromatic heterocycles. The Bertz CT molecular complexity index is 1080. The molecule has 0 saturated heterocycles. The predicted molar refractivity (Wildman–Crippen MR) is 107 cm³/mol. The molecule has 3 N–H and O–H groups in total. The number of phenols is 2. The molecule has 144 valence electrons. The first-order chi connectivity index (χ1) is 13.3. The molecule has 0 heterocycles. The fraction of sp³-hybridized carbons (Fsp3) is 0.143. The van der Waals surface area contributed by atoms with Crippen LogP contribution in [0.1, 0.15) is 22.8 Å². The predicted octanol–water partition coefficient (Wildman–Crippen LogP) is 4.40. The van der Waals surface area contributed by atoms with Crippen molar-refractivity contribution in [3.8, 4) is 11.5 Å². The van der Waals surface area contributed by atoms with Gasteiger partial charge in [-0.1, -0.05) is 41.9 Å². The van der Waals surface area contributed by atoms with Crippen LogP contribution in [0.3, 0.4) is 0 Å². The van der Waals surface area contributed by atoms with E-state index in [0.29, 0.717) is 27.0 Å². The second-order valence-corrected chi connectivity index (χ2v) is 6.69. The number of hydrogen-bond donors (Lipinski definition) is 3. The summed E-state index contributed by atoms with van der Waals surface area (Å²) in [7, 11) is 0. The van der Waals surface area contributed by atoms with E-state index in [1.807, 2.05) is 0 Å². The molecule has 0 radical (unpaired) electrons. The van der Waals surface area contributed by atoms with E-state index in [4.69, 9.17) is 16.3 Å². The van der Waals surface area contributed by atoms with Crippen molar-refractivity contribution in [3.63, 3.8) is 0 Å². The molecule has 0 aliphatic heterocycles. The molecule has 28 heavy (non-hydrogen) atoms. The Morgan fingerprint density at radius 3 is 2.46 bits per heavy atom. The van der Waals surface area contributed by atoms with Gasteiger partial charge in [-0.05, 0) is 37.6 Å². The van der Waals surface area contributed by atoms with Gasteiger partial charge in [-0.25, -0.2) is 4.79 Å². The number of rotatable bonds is 4. The first-order valence-corrected chi connectivity index (χ1v) is 8.88. The number of benzene rings is 3. The Balaban J connectivity index is 1.79. The van der Waals surface area contributed by atoms with Gasteiger partial charge in [0.1, 0.15) is 17.1 Å². The Hall–Kier alpha value is -3.25. The van der Waals surface area contributed by atoms with Crippen LogP contribution in [0.4, 0.5) is 5.69 Å². The number of ether oxygens (including phenoxy) is 1. The molecule has 6 nitrogen and oxygen atoms in total. The molecule has 0 saturated carbocycles. The lowest BCUT2D eigenvalue weighted by atomic mass is 10.0. The number of amides is 1. The quantitative estimate of drug-likeness (QED) is 0.446. The fourth-order valence-electron chi connectivity index (χ4n) is 2.75. The number of carbonyl (C=O) groups is 2. The van der Waals surface area contributed by atoms with Crippen molar-refractivity contribution >= 4 is 39.9 Å². The Morgan fingerprint density at radius 2 is 1.75 bits per heavy atom. The van der Waals surface area contributed by atoms with Crippen LogP contribution in [0.2, 0.25) is 5.02 Å². The van der Waals surface area contributed by atoms with E-state index in [2.05, 4.69) is 5.32 Å². The van der Waals surface area contributed by atoms with Crippen molar-refractivity contribution in [2.75, 3.05) is 5.32 Å². The maximum absolute atomic E-state index is 12.5. The topological polar surface area (TPSA) is 95.9 Å². The number of fused-ring (bicyclic) bond motifs is 1. The Labute approximate surface area is 166 Å². The molecule has 0 unspecified atom stereocenters. The molecule has 3 aromatic rings. The van der Waals surface area contributed by atoms with Crippen molar-refractivity contribution in [1.29, 1.82) is 0 Å². The largest absolute Gasteiger partial charge is 0.507 e. The van der Waals surface area contributed by atoms with Gasteiger partial charge in [0.05, 0.1) is 0 Å². The second-order valence-electron chi connectivity index (χ2n) is 6.29. The van der Waals surface area contributed by atoms with E-state index < -0.39 is 18.0 Å². The summed E-state index contributed by atoms with van der Waals surface area (Å²) in [6, 6.07) is 12.7. The smallest absolute Gasteiger partial charge is 0.342 e. The van der Waals surface area contributed by atoms with Crippen molar-refractivity contribution < 1.29 is 24.5 Å². The van der Waals surface area contributed by atoms with Crippen molar-refractivity contribution in [2.24, 2.45) is 0 Å². The molecule has 0 aliphatic rings. The Morgan fingerprint density at radius 1 is 1.07 bits per heavy atom. The lowest BCUT2D eigenvalue weighted by Crippen LogP contribution is -2.30. The number of esters is 1. The zero-order valence-corrected chi connectivity index (χ0v) is 15.9. The first-order valence-electron chi connectivity index (χ1n) is 8.50. The molecule has 7 heteroatoms. The van der Waals surface area contributed by atoms with Crippen molar-refractivity contribution in [2.45, 2.75) is 20.0 Å². The van der Waals surface area contributed by atoms with Gasteiger partial charge < -0.3 is 20.3 Å². The van der Waals surface area contributed by atoms with Crippen LogP contribution in [0.25, 0.3) is 10.8 Å². The van der Waals surface area contributed by atoms with Gasteiger partial charge in [-0.2, -0.15) is 0 Å². The second kappa shape index (κ2) is 7.78. The SMILES string of the molecule is Cc1c(Cl)cccc1NC(=O)[C@H](C)OC(=O)c1cc(O)c2ccccc2c1O. The van der Waals surface area contributed by atoms with Crippen LogP contribution in [0, 0.1) is 6.92 Å². The van der Waals surface area contributed by atoms with Gasteiger partial charge in [0.2, 0.25) is 0 Å². The van der Waals surface area contributed by atoms with Gasteiger partial charge in [0.25, 0.3) is 5.91 Å². The summed E-state index contributed by atoms with van der Waals surface area (Å²) in [5.74, 6) is -1.98. The summed E-state index contributed by atoms with van der Waals surface area (Å²) in [5.41, 5.74) is 0.967. The molecule has 0 aliphatic carbocycles. The summed E-state index contributed by atoms with van der Waals surface area (Å²) < 4.78 is 5.17. The third kappa shape index (κ3) is 3.73. The molecule has 0 spiro atoms. The molecule has 3 rings (SSSR count). The minimum absolute atomic E-state index is 0.174. The monoisotopic (exact) mass is 399 g/mol. The lowest BCUT2D eigenvalue weighted by molar-refractivity contribution is -0.123. The first kappa shape index (κ1) is 19.5. The summed E-state index contributed by atoms with van der Waals surface area (Å²) in [4.78, 5) is 24.8. The number of anilines is 1. The number of halogens is 1. The highest BCUT2D eigenvalue weighted by Crippen LogP contribution is 2.35.